The molecular weight excluding hydrogens is 252 g/mol. The molecule has 4 nitrogen and oxygen atoms in total. The average molecular weight is 272 g/mol. The minimum absolute atomic E-state index is 0.115. The molecule has 0 aliphatic rings. The smallest absolute Gasteiger partial charge is 0.141 e. The number of aliphatic hydroxyl groups excluding tert-OH is 1. The molecule has 0 bridgehead atoms. The van der Waals surface area contributed by atoms with Gasteiger partial charge in [0.15, 0.2) is 0 Å². The Morgan fingerprint density at radius 3 is 2.65 bits per heavy atom. The average Bonchev–Trinajstić information content (AvgIpc) is 2.49. The molecule has 106 valence electrons. The predicted molar refractivity (Wildman–Crippen MR) is 78.4 cm³/mol. The Morgan fingerprint density at radius 2 is 1.95 bits per heavy atom. The first kappa shape index (κ1) is 14.5. The monoisotopic (exact) mass is 272 g/mol. The van der Waals surface area contributed by atoms with Gasteiger partial charge in [0.25, 0.3) is 0 Å². The van der Waals surface area contributed by atoms with Gasteiger partial charge in [-0.3, -0.25) is 4.98 Å². The fourth-order valence-electron chi connectivity index (χ4n) is 2.11. The van der Waals surface area contributed by atoms with E-state index in [0.717, 1.165) is 18.5 Å². The van der Waals surface area contributed by atoms with E-state index in [4.69, 9.17) is 0 Å². The second-order valence-corrected chi connectivity index (χ2v) is 4.77. The highest BCUT2D eigenvalue weighted by molar-refractivity contribution is 5.40. The number of aromatic hydroxyl groups is 1. The van der Waals surface area contributed by atoms with Gasteiger partial charge >= 0.3 is 0 Å². The van der Waals surface area contributed by atoms with Crippen molar-refractivity contribution < 1.29 is 10.2 Å². The maximum absolute atomic E-state index is 10.0. The van der Waals surface area contributed by atoms with Crippen LogP contribution in [0.1, 0.15) is 22.4 Å². The van der Waals surface area contributed by atoms with Crippen molar-refractivity contribution in [3.63, 3.8) is 0 Å². The summed E-state index contributed by atoms with van der Waals surface area (Å²) in [6.07, 6.45) is 2.55. The number of nitrogens with zero attached hydrogens (tertiary/aromatic N) is 1. The van der Waals surface area contributed by atoms with E-state index in [0.29, 0.717) is 17.8 Å². The summed E-state index contributed by atoms with van der Waals surface area (Å²) in [5.41, 5.74) is 3.26. The van der Waals surface area contributed by atoms with Crippen LogP contribution in [0, 0.1) is 6.92 Å². The maximum Gasteiger partial charge on any atom is 0.141 e. The van der Waals surface area contributed by atoms with Gasteiger partial charge < -0.3 is 15.5 Å². The third kappa shape index (κ3) is 3.56. The number of aromatic nitrogens is 1. The number of aliphatic hydroxyl groups is 1. The van der Waals surface area contributed by atoms with E-state index >= 15 is 0 Å². The van der Waals surface area contributed by atoms with Crippen molar-refractivity contribution in [3.8, 4) is 5.75 Å². The van der Waals surface area contributed by atoms with E-state index in [1.807, 2.05) is 18.2 Å². The number of hydrogen-bond donors (Lipinski definition) is 3. The van der Waals surface area contributed by atoms with E-state index < -0.39 is 0 Å². The van der Waals surface area contributed by atoms with Crippen LogP contribution in [0.3, 0.4) is 0 Å². The lowest BCUT2D eigenvalue weighted by Crippen LogP contribution is -2.18. The zero-order chi connectivity index (χ0) is 14.4. The Kier molecular flexibility index (Phi) is 5.09. The Labute approximate surface area is 119 Å². The minimum Gasteiger partial charge on any atom is -0.506 e. The Hall–Kier alpha value is -1.91. The largest absolute Gasteiger partial charge is 0.506 e. The fraction of sp³-hybridized carbons (Fsp3) is 0.312. The van der Waals surface area contributed by atoms with Crippen molar-refractivity contribution >= 4 is 0 Å². The van der Waals surface area contributed by atoms with Crippen LogP contribution in [-0.4, -0.2) is 21.7 Å². The Bertz CT molecular complexity index is 556. The molecule has 0 aliphatic heterocycles. The topological polar surface area (TPSA) is 65.4 Å². The van der Waals surface area contributed by atoms with Crippen molar-refractivity contribution in [3.05, 3.63) is 58.9 Å². The SMILES string of the molecule is Cc1ncc(CO)c(CNCCc2ccccc2)c1O. The van der Waals surface area contributed by atoms with Gasteiger partial charge in [-0.1, -0.05) is 30.3 Å². The number of pyridine rings is 1. The van der Waals surface area contributed by atoms with Crippen LogP contribution in [0.4, 0.5) is 0 Å². The first-order valence-corrected chi connectivity index (χ1v) is 6.74. The molecule has 0 spiro atoms. The Balaban J connectivity index is 1.92. The molecule has 2 aromatic rings. The number of aryl methyl sites for hydroxylation is 1. The zero-order valence-corrected chi connectivity index (χ0v) is 11.6. The van der Waals surface area contributed by atoms with E-state index in [-0.39, 0.29) is 12.4 Å². The van der Waals surface area contributed by atoms with Gasteiger partial charge in [0.1, 0.15) is 5.75 Å². The highest BCUT2D eigenvalue weighted by Crippen LogP contribution is 2.23. The van der Waals surface area contributed by atoms with Crippen molar-refractivity contribution in [2.75, 3.05) is 6.54 Å². The van der Waals surface area contributed by atoms with Crippen molar-refractivity contribution in [1.29, 1.82) is 0 Å². The fourth-order valence-corrected chi connectivity index (χ4v) is 2.11. The van der Waals surface area contributed by atoms with Gasteiger partial charge in [-0.2, -0.15) is 0 Å². The summed E-state index contributed by atoms with van der Waals surface area (Å²) in [7, 11) is 0. The third-order valence-electron chi connectivity index (χ3n) is 3.34. The molecule has 1 aromatic heterocycles. The van der Waals surface area contributed by atoms with Gasteiger partial charge in [-0.15, -0.1) is 0 Å². The number of rotatable bonds is 6. The summed E-state index contributed by atoms with van der Waals surface area (Å²) in [5, 5.41) is 22.6. The van der Waals surface area contributed by atoms with Gasteiger partial charge in [0.05, 0.1) is 12.3 Å². The van der Waals surface area contributed by atoms with Crippen LogP contribution >= 0.6 is 0 Å². The van der Waals surface area contributed by atoms with Gasteiger partial charge in [0.2, 0.25) is 0 Å². The summed E-state index contributed by atoms with van der Waals surface area (Å²) in [5.74, 6) is 0.170. The molecule has 0 fully saturated rings. The molecule has 0 radical (unpaired) electrons. The third-order valence-corrected chi connectivity index (χ3v) is 3.34. The maximum atomic E-state index is 10.0. The van der Waals surface area contributed by atoms with E-state index in [9.17, 15) is 10.2 Å². The summed E-state index contributed by atoms with van der Waals surface area (Å²) < 4.78 is 0. The molecule has 1 aromatic carbocycles. The van der Waals surface area contributed by atoms with Crippen LogP contribution in [0.15, 0.2) is 36.5 Å². The molecule has 0 amide bonds. The van der Waals surface area contributed by atoms with Crippen molar-refractivity contribution in [1.82, 2.24) is 10.3 Å². The van der Waals surface area contributed by atoms with Gasteiger partial charge in [-0.25, -0.2) is 0 Å². The van der Waals surface area contributed by atoms with Gasteiger partial charge in [0, 0.05) is 23.9 Å². The van der Waals surface area contributed by atoms with Crippen LogP contribution in [0.5, 0.6) is 5.75 Å². The summed E-state index contributed by atoms with van der Waals surface area (Å²) in [6, 6.07) is 10.2. The molecule has 1 heterocycles. The van der Waals surface area contributed by atoms with E-state index in [1.165, 1.54) is 5.56 Å². The van der Waals surface area contributed by atoms with Crippen LogP contribution in [0.2, 0.25) is 0 Å². The lowest BCUT2D eigenvalue weighted by molar-refractivity contribution is 0.278. The lowest BCUT2D eigenvalue weighted by Gasteiger charge is -2.12. The highest BCUT2D eigenvalue weighted by atomic mass is 16.3. The molecule has 0 saturated carbocycles. The Morgan fingerprint density at radius 1 is 1.20 bits per heavy atom. The van der Waals surface area contributed by atoms with Gasteiger partial charge in [-0.05, 0) is 25.5 Å². The minimum atomic E-state index is -0.115. The molecule has 0 saturated heterocycles. The van der Waals surface area contributed by atoms with E-state index in [1.54, 1.807) is 13.1 Å². The molecule has 2 rings (SSSR count). The predicted octanol–water partition coefficient (Wildman–Crippen LogP) is 1.92. The quantitative estimate of drug-likeness (QED) is 0.703. The standard InChI is InChI=1S/C16H20N2O2/c1-12-16(20)15(14(11-19)9-18-12)10-17-8-7-13-5-3-2-4-6-13/h2-6,9,17,19-20H,7-8,10-11H2,1H3. The van der Waals surface area contributed by atoms with Crippen molar-refractivity contribution in [2.24, 2.45) is 0 Å². The van der Waals surface area contributed by atoms with Crippen LogP contribution in [0.25, 0.3) is 0 Å². The molecule has 3 N–H and O–H groups in total. The van der Waals surface area contributed by atoms with Crippen LogP contribution < -0.4 is 5.32 Å². The molecule has 0 aliphatic carbocycles. The molecule has 0 unspecified atom stereocenters. The molecule has 4 heteroatoms. The first-order chi connectivity index (χ1) is 9.72. The summed E-state index contributed by atoms with van der Waals surface area (Å²) in [4.78, 5) is 4.05. The number of benzene rings is 1. The molecule has 0 atom stereocenters. The number of hydrogen-bond acceptors (Lipinski definition) is 4. The first-order valence-electron chi connectivity index (χ1n) is 6.74. The van der Waals surface area contributed by atoms with Crippen LogP contribution in [-0.2, 0) is 19.6 Å². The normalized spacial score (nSPS) is 10.7. The van der Waals surface area contributed by atoms with Crippen molar-refractivity contribution in [2.45, 2.75) is 26.5 Å². The number of nitrogens with one attached hydrogen (secondary N) is 1. The second kappa shape index (κ2) is 7.03. The molecule has 20 heavy (non-hydrogen) atoms. The summed E-state index contributed by atoms with van der Waals surface area (Å²) in [6.45, 7) is 2.98. The highest BCUT2D eigenvalue weighted by Gasteiger charge is 2.10. The lowest BCUT2D eigenvalue weighted by atomic mass is 10.1. The summed E-state index contributed by atoms with van der Waals surface area (Å²) >= 11 is 0. The zero-order valence-electron chi connectivity index (χ0n) is 11.6. The second-order valence-electron chi connectivity index (χ2n) is 4.77. The molecular formula is C16H20N2O2. The van der Waals surface area contributed by atoms with E-state index in [2.05, 4.69) is 22.4 Å².